The van der Waals surface area contributed by atoms with Crippen molar-refractivity contribution in [2.75, 3.05) is 13.7 Å². The van der Waals surface area contributed by atoms with Crippen molar-refractivity contribution in [1.29, 1.82) is 0 Å². The quantitative estimate of drug-likeness (QED) is 0.0648. The number of aliphatic hydroxyl groups excluding tert-OH is 1. The summed E-state index contributed by atoms with van der Waals surface area (Å²) in [6.07, 6.45) is 10.0. The van der Waals surface area contributed by atoms with Crippen molar-refractivity contribution < 1.29 is 24.4 Å². The van der Waals surface area contributed by atoms with Crippen molar-refractivity contribution in [2.24, 2.45) is 27.3 Å². The number of nitrogens with zero attached hydrogens (tertiary/aromatic N) is 2. The Bertz CT molecular complexity index is 1720. The van der Waals surface area contributed by atoms with Crippen molar-refractivity contribution in [3.8, 4) is 23.0 Å². The first kappa shape index (κ1) is 34.8. The lowest BCUT2D eigenvalue weighted by atomic mass is 9.57. The molecule has 254 valence electrons. The molecule has 1 saturated carbocycles. The summed E-state index contributed by atoms with van der Waals surface area (Å²) in [4.78, 5) is 4.47. The lowest BCUT2D eigenvalue weighted by molar-refractivity contribution is -0.138. The van der Waals surface area contributed by atoms with E-state index in [-0.39, 0.29) is 35.4 Å². The first-order chi connectivity index (χ1) is 22.9. The molecule has 3 aromatic rings. The van der Waals surface area contributed by atoms with Gasteiger partial charge in [0.05, 0.1) is 19.8 Å². The number of allylic oxidation sites excluding steroid dienone is 2. The smallest absolute Gasteiger partial charge is 0.165 e. The summed E-state index contributed by atoms with van der Waals surface area (Å²) in [5.74, 6) is 7.97. The van der Waals surface area contributed by atoms with Crippen molar-refractivity contribution in [1.82, 2.24) is 0 Å². The van der Waals surface area contributed by atoms with Gasteiger partial charge in [-0.25, -0.2) is 0 Å². The summed E-state index contributed by atoms with van der Waals surface area (Å²) < 4.78 is 18.7. The number of aliphatic hydroxyl groups is 1. The van der Waals surface area contributed by atoms with E-state index in [1.807, 2.05) is 68.5 Å². The second-order valence-electron chi connectivity index (χ2n) is 14.0. The normalized spacial score (nSPS) is 21.8. The molecule has 0 saturated heterocycles. The standard InChI is InChI=1S/C40H49N3O5/c1-26(2)12-15-32-33(44)19-29(20-34(32)47-25-31(43-41)24-42-23-27-10-8-7-9-11-27)14-13-28-18-30-22-36-39(3,4)37(45)16-17-40(36,5)48-38(30)35(21-28)46-6/h7-14,18-21,24,36-37,44-45H,15-17,22-23,25,41H2,1-6H3/b14-13+,42-24?,43-31?/t36-,37-,40-/m1/s1. The molecule has 0 radical (unpaired) electrons. The maximum absolute atomic E-state index is 11.1. The average Bonchev–Trinajstić information content (AvgIpc) is 3.06. The highest BCUT2D eigenvalue weighted by Gasteiger charge is 2.54. The predicted molar refractivity (Wildman–Crippen MR) is 194 cm³/mol. The number of nitrogens with two attached hydrogens (primary N) is 1. The zero-order valence-electron chi connectivity index (χ0n) is 29.0. The fourth-order valence-electron chi connectivity index (χ4n) is 6.92. The van der Waals surface area contributed by atoms with Gasteiger partial charge in [-0.1, -0.05) is 68.0 Å². The fraction of sp³-hybridized carbons (Fsp3) is 0.400. The first-order valence-corrected chi connectivity index (χ1v) is 16.6. The molecule has 3 atom stereocenters. The summed E-state index contributed by atoms with van der Waals surface area (Å²) >= 11 is 0. The van der Waals surface area contributed by atoms with E-state index in [1.165, 1.54) is 0 Å². The Morgan fingerprint density at radius 3 is 2.44 bits per heavy atom. The largest absolute Gasteiger partial charge is 0.507 e. The molecule has 0 amide bonds. The first-order valence-electron chi connectivity index (χ1n) is 16.6. The Morgan fingerprint density at radius 2 is 1.75 bits per heavy atom. The Morgan fingerprint density at radius 1 is 1.04 bits per heavy atom. The number of phenols is 1. The number of ether oxygens (including phenoxy) is 3. The molecule has 2 aliphatic rings. The number of fused-ring (bicyclic) bond motifs is 2. The zero-order chi connectivity index (χ0) is 34.5. The van der Waals surface area contributed by atoms with Crippen LogP contribution in [0.2, 0.25) is 0 Å². The van der Waals surface area contributed by atoms with Crippen molar-refractivity contribution in [2.45, 2.75) is 78.6 Å². The molecule has 3 aromatic carbocycles. The van der Waals surface area contributed by atoms with Gasteiger partial charge < -0.3 is 30.3 Å². The van der Waals surface area contributed by atoms with E-state index in [4.69, 9.17) is 20.1 Å². The number of hydrazone groups is 1. The summed E-state index contributed by atoms with van der Waals surface area (Å²) in [6.45, 7) is 11.1. The molecular formula is C40H49N3O5. The average molecular weight is 652 g/mol. The van der Waals surface area contributed by atoms with Crippen LogP contribution in [0.4, 0.5) is 0 Å². The summed E-state index contributed by atoms with van der Waals surface area (Å²) in [7, 11) is 1.66. The van der Waals surface area contributed by atoms with Crippen LogP contribution in [-0.2, 0) is 19.4 Å². The Hall–Kier alpha value is -4.56. The number of benzene rings is 3. The molecule has 1 aliphatic carbocycles. The van der Waals surface area contributed by atoms with Gasteiger partial charge in [-0.05, 0) is 98.4 Å². The van der Waals surface area contributed by atoms with Gasteiger partial charge >= 0.3 is 0 Å². The monoisotopic (exact) mass is 651 g/mol. The van der Waals surface area contributed by atoms with Gasteiger partial charge in [0.1, 0.15) is 29.4 Å². The second kappa shape index (κ2) is 14.7. The maximum atomic E-state index is 11.1. The molecule has 1 heterocycles. The molecule has 0 bridgehead atoms. The Labute approximate surface area is 284 Å². The van der Waals surface area contributed by atoms with Gasteiger partial charge in [-0.3, -0.25) is 4.99 Å². The summed E-state index contributed by atoms with van der Waals surface area (Å²) in [6, 6.07) is 17.7. The van der Waals surface area contributed by atoms with Gasteiger partial charge in [0.15, 0.2) is 11.5 Å². The van der Waals surface area contributed by atoms with Crippen LogP contribution >= 0.6 is 0 Å². The number of phenolic OH excluding ortho intramolecular Hbond substituents is 1. The van der Waals surface area contributed by atoms with Crippen LogP contribution in [0.5, 0.6) is 23.0 Å². The molecule has 48 heavy (non-hydrogen) atoms. The number of rotatable bonds is 11. The molecule has 0 spiro atoms. The SMILES string of the molecule is COc1cc(/C=C/c2cc(O)c(CC=C(C)C)c(OCC(C=NCc3ccccc3)=NN)c2)cc2c1O[C@]1(C)CC[C@@H](O)C(C)(C)[C@H]1C2. The third kappa shape index (κ3) is 7.76. The molecule has 5 rings (SSSR count). The van der Waals surface area contributed by atoms with Gasteiger partial charge in [0, 0.05) is 17.7 Å². The lowest BCUT2D eigenvalue weighted by Gasteiger charge is -2.55. The molecule has 8 nitrogen and oxygen atoms in total. The lowest BCUT2D eigenvalue weighted by Crippen LogP contribution is -2.58. The molecule has 0 aromatic heterocycles. The zero-order valence-corrected chi connectivity index (χ0v) is 29.0. The van der Waals surface area contributed by atoms with Crippen LogP contribution in [-0.4, -0.2) is 47.6 Å². The van der Waals surface area contributed by atoms with E-state index < -0.39 is 0 Å². The van der Waals surface area contributed by atoms with E-state index in [1.54, 1.807) is 19.4 Å². The number of hydrogen-bond donors (Lipinski definition) is 3. The third-order valence-corrected chi connectivity index (χ3v) is 9.83. The van der Waals surface area contributed by atoms with Gasteiger partial charge in [-0.15, -0.1) is 0 Å². The topological polar surface area (TPSA) is 119 Å². The van der Waals surface area contributed by atoms with Gasteiger partial charge in [0.2, 0.25) is 0 Å². The van der Waals surface area contributed by atoms with E-state index >= 15 is 0 Å². The van der Waals surface area contributed by atoms with E-state index in [2.05, 4.69) is 43.0 Å². The van der Waals surface area contributed by atoms with Crippen molar-refractivity contribution in [3.05, 3.63) is 94.1 Å². The molecule has 1 fully saturated rings. The number of hydrogen-bond acceptors (Lipinski definition) is 8. The molecular weight excluding hydrogens is 602 g/mol. The predicted octanol–water partition coefficient (Wildman–Crippen LogP) is 7.54. The number of aromatic hydroxyl groups is 1. The minimum Gasteiger partial charge on any atom is -0.507 e. The Balaban J connectivity index is 1.40. The minimum atomic E-state index is -0.372. The number of methoxy groups -OCH3 is 1. The highest BCUT2D eigenvalue weighted by molar-refractivity contribution is 6.31. The van der Waals surface area contributed by atoms with Crippen molar-refractivity contribution >= 4 is 24.1 Å². The molecule has 4 N–H and O–H groups in total. The number of aliphatic imine (C=N–C) groups is 1. The van der Waals surface area contributed by atoms with Gasteiger partial charge in [-0.2, -0.15) is 5.10 Å². The third-order valence-electron chi connectivity index (χ3n) is 9.83. The van der Waals surface area contributed by atoms with Crippen molar-refractivity contribution in [3.63, 3.8) is 0 Å². The molecule has 0 unspecified atom stereocenters. The summed E-state index contributed by atoms with van der Waals surface area (Å²) in [5.41, 5.74) is 5.49. The highest BCUT2D eigenvalue weighted by atomic mass is 16.5. The summed E-state index contributed by atoms with van der Waals surface area (Å²) in [5, 5.41) is 25.9. The van der Waals surface area contributed by atoms with Crippen LogP contribution in [0.1, 0.15) is 75.3 Å². The van der Waals surface area contributed by atoms with Gasteiger partial charge in [0.25, 0.3) is 0 Å². The van der Waals surface area contributed by atoms with Crippen LogP contribution in [0.25, 0.3) is 12.2 Å². The molecule has 8 heteroatoms. The van der Waals surface area contributed by atoms with E-state index in [9.17, 15) is 10.2 Å². The minimum absolute atomic E-state index is 0.0936. The highest BCUT2D eigenvalue weighted by Crippen LogP contribution is 2.55. The Kier molecular flexibility index (Phi) is 10.6. The van der Waals surface area contributed by atoms with Crippen LogP contribution in [0, 0.1) is 11.3 Å². The van der Waals surface area contributed by atoms with Crippen LogP contribution in [0.15, 0.2) is 76.3 Å². The molecule has 1 aliphatic heterocycles. The second-order valence-corrected chi connectivity index (χ2v) is 14.0. The fourth-order valence-corrected chi connectivity index (χ4v) is 6.92. The van der Waals surface area contributed by atoms with Crippen LogP contribution in [0.3, 0.4) is 0 Å². The maximum Gasteiger partial charge on any atom is 0.165 e. The van der Waals surface area contributed by atoms with E-state index in [0.717, 1.165) is 46.4 Å². The van der Waals surface area contributed by atoms with E-state index in [0.29, 0.717) is 42.2 Å². The van der Waals surface area contributed by atoms with Crippen LogP contribution < -0.4 is 20.1 Å².